The monoisotopic (exact) mass is 415 g/mol. The van der Waals surface area contributed by atoms with Gasteiger partial charge in [-0.25, -0.2) is 9.18 Å². The minimum Gasteiger partial charge on any atom is -0.497 e. The quantitative estimate of drug-likeness (QED) is 0.409. The fraction of sp³-hybridized carbons (Fsp3) is 0.238. The summed E-state index contributed by atoms with van der Waals surface area (Å²) in [7, 11) is 1.55. The lowest BCUT2D eigenvalue weighted by molar-refractivity contribution is 0.0647. The average molecular weight is 415 g/mol. The molecule has 30 heavy (non-hydrogen) atoms. The molecule has 3 rings (SSSR count). The van der Waals surface area contributed by atoms with Crippen LogP contribution in [0.3, 0.4) is 0 Å². The summed E-state index contributed by atoms with van der Waals surface area (Å²) in [6.45, 7) is -0.0815. The molecule has 0 aliphatic rings. The Morgan fingerprint density at radius 1 is 1.27 bits per heavy atom. The predicted molar refractivity (Wildman–Crippen MR) is 107 cm³/mol. The molecule has 0 saturated carbocycles. The summed E-state index contributed by atoms with van der Waals surface area (Å²) < 4.78 is 25.1. The van der Waals surface area contributed by atoms with Gasteiger partial charge in [-0.2, -0.15) is 10.2 Å². The van der Waals surface area contributed by atoms with Crippen LogP contribution in [0.5, 0.6) is 5.75 Å². The first-order valence-electron chi connectivity index (χ1n) is 9.24. The highest BCUT2D eigenvalue weighted by Gasteiger charge is 2.21. The van der Waals surface area contributed by atoms with Crippen molar-refractivity contribution in [1.82, 2.24) is 10.2 Å². The lowest BCUT2D eigenvalue weighted by Crippen LogP contribution is -2.32. The molecule has 158 valence electrons. The molecule has 1 aromatic heterocycles. The van der Waals surface area contributed by atoms with Crippen LogP contribution in [0.2, 0.25) is 0 Å². The van der Waals surface area contributed by atoms with Gasteiger partial charge in [0.2, 0.25) is 0 Å². The summed E-state index contributed by atoms with van der Waals surface area (Å²) in [5, 5.41) is 16.3. The number of benzene rings is 2. The molecule has 8 nitrogen and oxygen atoms in total. The van der Waals surface area contributed by atoms with E-state index in [0.29, 0.717) is 23.3 Å². The maximum absolute atomic E-state index is 14.6. The van der Waals surface area contributed by atoms with E-state index in [0.717, 1.165) is 10.6 Å². The SMILES string of the molecule is COc1cccc(COC(=O)N(OCCCO)c2ccc(-c3cn[nH]c3)c(F)c2)c1. The number of H-pyrrole nitrogens is 1. The van der Waals surface area contributed by atoms with E-state index in [9.17, 15) is 9.18 Å². The Kier molecular flexibility index (Phi) is 7.36. The fourth-order valence-electron chi connectivity index (χ4n) is 2.68. The van der Waals surface area contributed by atoms with Gasteiger partial charge in [-0.05, 0) is 36.2 Å². The van der Waals surface area contributed by atoms with Gasteiger partial charge >= 0.3 is 6.09 Å². The molecule has 2 N–H and O–H groups in total. The Morgan fingerprint density at radius 2 is 2.13 bits per heavy atom. The number of carbonyl (C=O) groups is 1. The number of hydroxylamine groups is 1. The molecule has 0 radical (unpaired) electrons. The second-order valence-corrected chi connectivity index (χ2v) is 6.26. The zero-order valence-corrected chi connectivity index (χ0v) is 16.4. The Labute approximate surface area is 172 Å². The smallest absolute Gasteiger partial charge is 0.439 e. The van der Waals surface area contributed by atoms with Gasteiger partial charge in [0, 0.05) is 30.0 Å². The third kappa shape index (κ3) is 5.34. The van der Waals surface area contributed by atoms with Crippen molar-refractivity contribution in [2.75, 3.05) is 25.4 Å². The van der Waals surface area contributed by atoms with Gasteiger partial charge in [-0.1, -0.05) is 12.1 Å². The number of methoxy groups -OCH3 is 1. The number of aliphatic hydroxyl groups is 1. The third-order valence-electron chi connectivity index (χ3n) is 4.18. The molecular formula is C21H22FN3O5. The highest BCUT2D eigenvalue weighted by molar-refractivity contribution is 5.86. The van der Waals surface area contributed by atoms with Crippen LogP contribution >= 0.6 is 0 Å². The van der Waals surface area contributed by atoms with Crippen molar-refractivity contribution in [2.24, 2.45) is 0 Å². The molecule has 0 spiro atoms. The van der Waals surface area contributed by atoms with E-state index in [2.05, 4.69) is 10.2 Å². The van der Waals surface area contributed by atoms with Crippen LogP contribution in [0.4, 0.5) is 14.9 Å². The van der Waals surface area contributed by atoms with Crippen LogP contribution < -0.4 is 9.80 Å². The molecule has 0 fully saturated rings. The third-order valence-corrected chi connectivity index (χ3v) is 4.18. The molecule has 0 atom stereocenters. The first-order chi connectivity index (χ1) is 14.6. The van der Waals surface area contributed by atoms with Gasteiger partial charge in [0.25, 0.3) is 0 Å². The van der Waals surface area contributed by atoms with Crippen molar-refractivity contribution in [3.8, 4) is 16.9 Å². The number of hydrogen-bond donors (Lipinski definition) is 2. The number of hydrogen-bond acceptors (Lipinski definition) is 6. The molecule has 2 aromatic carbocycles. The summed E-state index contributed by atoms with van der Waals surface area (Å²) in [5.74, 6) is 0.0850. The number of nitrogens with zero attached hydrogens (tertiary/aromatic N) is 2. The summed E-state index contributed by atoms with van der Waals surface area (Å²) >= 11 is 0. The summed E-state index contributed by atoms with van der Waals surface area (Å²) in [6.07, 6.45) is 2.55. The van der Waals surface area contributed by atoms with Gasteiger partial charge in [0.1, 0.15) is 18.2 Å². The number of rotatable bonds is 9. The molecule has 0 unspecified atom stereocenters. The van der Waals surface area contributed by atoms with Crippen LogP contribution in [-0.4, -0.2) is 41.7 Å². The van der Waals surface area contributed by atoms with E-state index >= 15 is 0 Å². The highest BCUT2D eigenvalue weighted by atomic mass is 19.1. The van der Waals surface area contributed by atoms with Crippen LogP contribution in [0.1, 0.15) is 12.0 Å². The van der Waals surface area contributed by atoms with Crippen LogP contribution in [0, 0.1) is 5.82 Å². The van der Waals surface area contributed by atoms with E-state index in [1.165, 1.54) is 24.4 Å². The Bertz CT molecular complexity index is 965. The molecule has 0 bridgehead atoms. The summed E-state index contributed by atoms with van der Waals surface area (Å²) in [6, 6.07) is 11.3. The predicted octanol–water partition coefficient (Wildman–Crippen LogP) is 3.68. The van der Waals surface area contributed by atoms with E-state index in [4.69, 9.17) is 19.4 Å². The molecule has 9 heteroatoms. The molecule has 0 aliphatic carbocycles. The number of nitrogens with one attached hydrogen (secondary N) is 1. The maximum Gasteiger partial charge on any atom is 0.439 e. The number of halogens is 1. The van der Waals surface area contributed by atoms with E-state index in [-0.39, 0.29) is 25.5 Å². The second-order valence-electron chi connectivity index (χ2n) is 6.26. The Balaban J connectivity index is 1.76. The second kappa shape index (κ2) is 10.4. The number of amides is 1. The van der Waals surface area contributed by atoms with Crippen molar-refractivity contribution in [3.63, 3.8) is 0 Å². The van der Waals surface area contributed by atoms with E-state index < -0.39 is 11.9 Å². The van der Waals surface area contributed by atoms with Gasteiger partial charge in [-0.15, -0.1) is 0 Å². The van der Waals surface area contributed by atoms with Crippen molar-refractivity contribution < 1.29 is 28.6 Å². The van der Waals surface area contributed by atoms with E-state index in [1.54, 1.807) is 37.6 Å². The van der Waals surface area contributed by atoms with Gasteiger partial charge < -0.3 is 14.6 Å². The van der Waals surface area contributed by atoms with Crippen molar-refractivity contribution >= 4 is 11.8 Å². The van der Waals surface area contributed by atoms with Gasteiger partial charge in [0.05, 0.1) is 25.6 Å². The highest BCUT2D eigenvalue weighted by Crippen LogP contribution is 2.27. The van der Waals surface area contributed by atoms with Crippen LogP contribution in [-0.2, 0) is 16.2 Å². The first kappa shape index (κ1) is 21.3. The average Bonchev–Trinajstić information content (AvgIpc) is 3.30. The van der Waals surface area contributed by atoms with Crippen LogP contribution in [0.25, 0.3) is 11.1 Å². The summed E-state index contributed by atoms with van der Waals surface area (Å²) in [4.78, 5) is 18.1. The zero-order valence-electron chi connectivity index (χ0n) is 16.4. The number of carbonyl (C=O) groups excluding carboxylic acids is 1. The van der Waals surface area contributed by atoms with Crippen LogP contribution in [0.15, 0.2) is 54.9 Å². The van der Waals surface area contributed by atoms with Crippen molar-refractivity contribution in [2.45, 2.75) is 13.0 Å². The van der Waals surface area contributed by atoms with Crippen molar-refractivity contribution in [1.29, 1.82) is 0 Å². The normalized spacial score (nSPS) is 10.6. The lowest BCUT2D eigenvalue weighted by atomic mass is 10.1. The number of aromatic nitrogens is 2. The molecule has 0 aliphatic heterocycles. The summed E-state index contributed by atoms with van der Waals surface area (Å²) in [5.41, 5.74) is 1.78. The largest absolute Gasteiger partial charge is 0.497 e. The van der Waals surface area contributed by atoms with Gasteiger partial charge in [-0.3, -0.25) is 9.94 Å². The standard InChI is InChI=1S/C21H22FN3O5/c1-28-18-5-2-4-15(10-18)14-29-21(27)25(30-9-3-8-26)17-6-7-19(20(22)11-17)16-12-23-24-13-16/h2,4-7,10-13,26H,3,8-9,14H2,1H3,(H,23,24). The van der Waals surface area contributed by atoms with Crippen molar-refractivity contribution in [3.05, 3.63) is 66.2 Å². The minimum atomic E-state index is -0.814. The van der Waals surface area contributed by atoms with Gasteiger partial charge in [0.15, 0.2) is 0 Å². The number of aromatic amines is 1. The molecule has 0 saturated heterocycles. The number of ether oxygens (including phenoxy) is 2. The molecule has 1 amide bonds. The first-order valence-corrected chi connectivity index (χ1v) is 9.24. The fourth-order valence-corrected chi connectivity index (χ4v) is 2.68. The Morgan fingerprint density at radius 3 is 2.83 bits per heavy atom. The number of anilines is 1. The molecule has 3 aromatic rings. The zero-order chi connectivity index (χ0) is 21.3. The lowest BCUT2D eigenvalue weighted by Gasteiger charge is -2.22. The number of aliphatic hydroxyl groups excluding tert-OH is 1. The maximum atomic E-state index is 14.6. The Hall–Kier alpha value is -3.43. The topological polar surface area (TPSA) is 96.9 Å². The molecular weight excluding hydrogens is 393 g/mol. The van der Waals surface area contributed by atoms with E-state index in [1.807, 2.05) is 0 Å². The molecule has 1 heterocycles. The minimum absolute atomic E-state index is 0.0223.